The molecule has 12 nitrogen and oxygen atoms in total. The van der Waals surface area contributed by atoms with Crippen LogP contribution in [0.2, 0.25) is 0 Å². The van der Waals surface area contributed by atoms with Crippen molar-refractivity contribution in [3.8, 4) is 11.5 Å². The van der Waals surface area contributed by atoms with Crippen LogP contribution >= 0.6 is 0 Å². The highest BCUT2D eigenvalue weighted by molar-refractivity contribution is 5.88. The number of ether oxygens (including phenoxy) is 2. The zero-order valence-corrected chi connectivity index (χ0v) is 25.5. The van der Waals surface area contributed by atoms with Gasteiger partial charge < -0.3 is 35.2 Å². The van der Waals surface area contributed by atoms with Gasteiger partial charge in [0, 0.05) is 26.6 Å². The van der Waals surface area contributed by atoms with Gasteiger partial charge in [0.15, 0.2) is 17.1 Å². The lowest BCUT2D eigenvalue weighted by atomic mass is 9.80. The molecule has 1 saturated heterocycles. The standard InChI is InChI=1S/C26H33FN2O3.C6H8O7/c1-19(30)28-26(21-8-10-22(27)11-9-21)13-15-29(16-14-26)18-20-7-12-24(25(17-20)31-2)32-23-5-3-4-6-23;7-3(8)1-6(13,5(11)12)2-4(9)10/h7-12,17,23H,3-6,13-16,18H2,1-2H3,(H,28,30);13H,1-2H2,(H,7,8)(H,9,10)(H,11,12). The summed E-state index contributed by atoms with van der Waals surface area (Å²) >= 11 is 0. The molecule has 1 saturated carbocycles. The molecule has 1 heterocycles. The lowest BCUT2D eigenvalue weighted by molar-refractivity contribution is -0.170. The van der Waals surface area contributed by atoms with Crippen molar-refractivity contribution in [1.82, 2.24) is 10.2 Å². The molecule has 0 aromatic heterocycles. The van der Waals surface area contributed by atoms with Crippen LogP contribution in [0.1, 0.15) is 69.4 Å². The predicted molar refractivity (Wildman–Crippen MR) is 159 cm³/mol. The topological polar surface area (TPSA) is 183 Å². The third-order valence-electron chi connectivity index (χ3n) is 8.04. The normalized spacial score (nSPS) is 16.6. The number of hydrogen-bond acceptors (Lipinski definition) is 8. The van der Waals surface area contributed by atoms with Crippen molar-refractivity contribution < 1.29 is 53.5 Å². The number of aliphatic hydroxyl groups is 1. The van der Waals surface area contributed by atoms with E-state index in [0.29, 0.717) is 6.10 Å². The number of benzene rings is 2. The first-order chi connectivity index (χ1) is 21.2. The van der Waals surface area contributed by atoms with Gasteiger partial charge in [-0.1, -0.05) is 18.2 Å². The van der Waals surface area contributed by atoms with Crippen LogP contribution in [0.25, 0.3) is 0 Å². The molecule has 0 spiro atoms. The Morgan fingerprint density at radius 1 is 0.956 bits per heavy atom. The fourth-order valence-electron chi connectivity index (χ4n) is 5.75. The summed E-state index contributed by atoms with van der Waals surface area (Å²) < 4.78 is 25.2. The first kappa shape index (κ1) is 35.3. The summed E-state index contributed by atoms with van der Waals surface area (Å²) in [5.74, 6) is -3.74. The number of halogens is 1. The maximum Gasteiger partial charge on any atom is 0.336 e. The Labute approximate surface area is 260 Å². The van der Waals surface area contributed by atoms with Gasteiger partial charge >= 0.3 is 17.9 Å². The van der Waals surface area contributed by atoms with Gasteiger partial charge in [0.25, 0.3) is 0 Å². The monoisotopic (exact) mass is 632 g/mol. The van der Waals surface area contributed by atoms with Crippen LogP contribution in [0.3, 0.4) is 0 Å². The van der Waals surface area contributed by atoms with Gasteiger partial charge in [-0.3, -0.25) is 19.3 Å². The Morgan fingerprint density at radius 3 is 2.02 bits per heavy atom. The third kappa shape index (κ3) is 10.1. The molecule has 2 fully saturated rings. The van der Waals surface area contributed by atoms with E-state index in [4.69, 9.17) is 29.9 Å². The van der Waals surface area contributed by atoms with E-state index < -0.39 is 41.9 Å². The van der Waals surface area contributed by atoms with Crippen molar-refractivity contribution in [2.45, 2.75) is 82.1 Å². The number of likely N-dealkylation sites (tertiary alicyclic amines) is 1. The molecule has 4 rings (SSSR count). The smallest absolute Gasteiger partial charge is 0.336 e. The maximum absolute atomic E-state index is 13.4. The molecule has 2 aromatic rings. The van der Waals surface area contributed by atoms with Crippen molar-refractivity contribution in [3.05, 3.63) is 59.4 Å². The molecule has 1 aliphatic carbocycles. The third-order valence-corrected chi connectivity index (χ3v) is 8.04. The molecule has 2 aliphatic rings. The number of nitrogens with zero attached hydrogens (tertiary/aromatic N) is 1. The minimum Gasteiger partial charge on any atom is -0.493 e. The fraction of sp³-hybridized carbons (Fsp3) is 0.500. The molecule has 0 atom stereocenters. The molecule has 45 heavy (non-hydrogen) atoms. The van der Waals surface area contributed by atoms with Gasteiger partial charge in [0.05, 0.1) is 31.6 Å². The summed E-state index contributed by atoms with van der Waals surface area (Å²) in [4.78, 5) is 44.8. The summed E-state index contributed by atoms with van der Waals surface area (Å²) in [6.07, 6.45) is 4.26. The number of carbonyl (C=O) groups excluding carboxylic acids is 1. The van der Waals surface area contributed by atoms with Gasteiger partial charge in [-0.25, -0.2) is 9.18 Å². The molecule has 0 bridgehead atoms. The molecule has 2 aromatic carbocycles. The first-order valence-corrected chi connectivity index (χ1v) is 14.8. The van der Waals surface area contributed by atoms with Gasteiger partial charge in [0.1, 0.15) is 5.82 Å². The van der Waals surface area contributed by atoms with E-state index in [1.807, 2.05) is 6.07 Å². The summed E-state index contributed by atoms with van der Waals surface area (Å²) in [5.41, 5.74) is -1.05. The number of nitrogens with one attached hydrogen (secondary N) is 1. The van der Waals surface area contributed by atoms with E-state index >= 15 is 0 Å². The van der Waals surface area contributed by atoms with Crippen molar-refractivity contribution in [1.29, 1.82) is 0 Å². The molecule has 1 aliphatic heterocycles. The Kier molecular flexibility index (Phi) is 12.3. The van der Waals surface area contributed by atoms with Crippen LogP contribution in [0.5, 0.6) is 11.5 Å². The summed E-state index contributed by atoms with van der Waals surface area (Å²) in [5, 5.41) is 37.0. The van der Waals surface area contributed by atoms with E-state index in [2.05, 4.69) is 22.3 Å². The molecule has 0 radical (unpaired) electrons. The summed E-state index contributed by atoms with van der Waals surface area (Å²) in [7, 11) is 1.69. The predicted octanol–water partition coefficient (Wildman–Crippen LogP) is 3.53. The number of rotatable bonds is 12. The highest BCUT2D eigenvalue weighted by atomic mass is 19.1. The lowest BCUT2D eigenvalue weighted by Gasteiger charge is -2.42. The average molecular weight is 633 g/mol. The van der Waals surface area contributed by atoms with Crippen LogP contribution in [0.4, 0.5) is 4.39 Å². The van der Waals surface area contributed by atoms with Crippen molar-refractivity contribution >= 4 is 23.8 Å². The number of hydrogen-bond donors (Lipinski definition) is 5. The van der Waals surface area contributed by atoms with Crippen molar-refractivity contribution in [3.63, 3.8) is 0 Å². The second kappa shape index (κ2) is 15.7. The van der Waals surface area contributed by atoms with Crippen LogP contribution in [-0.2, 0) is 31.3 Å². The molecule has 0 unspecified atom stereocenters. The van der Waals surface area contributed by atoms with E-state index in [-0.39, 0.29) is 11.7 Å². The number of piperidine rings is 1. The van der Waals surface area contributed by atoms with E-state index in [1.54, 1.807) is 26.2 Å². The molecule has 5 N–H and O–H groups in total. The summed E-state index contributed by atoms with van der Waals surface area (Å²) in [6, 6.07) is 12.7. The quantitative estimate of drug-likeness (QED) is 0.231. The summed E-state index contributed by atoms with van der Waals surface area (Å²) in [6.45, 7) is 4.01. The van der Waals surface area contributed by atoms with Crippen LogP contribution in [0, 0.1) is 5.82 Å². The van der Waals surface area contributed by atoms with Crippen molar-refractivity contribution in [2.75, 3.05) is 20.2 Å². The molecule has 246 valence electrons. The first-order valence-electron chi connectivity index (χ1n) is 14.8. The fourth-order valence-corrected chi connectivity index (χ4v) is 5.75. The van der Waals surface area contributed by atoms with Crippen molar-refractivity contribution in [2.24, 2.45) is 0 Å². The number of amides is 1. The SMILES string of the molecule is COc1cc(CN2CCC(NC(C)=O)(c3ccc(F)cc3)CC2)ccc1OC1CCCC1.O=C(O)CC(O)(CC(=O)O)C(=O)O. The average Bonchev–Trinajstić information content (AvgIpc) is 3.47. The molecule has 1 amide bonds. The number of aliphatic carboxylic acids is 3. The number of methoxy groups -OCH3 is 1. The van der Waals surface area contributed by atoms with Crippen LogP contribution in [0.15, 0.2) is 42.5 Å². The van der Waals surface area contributed by atoms with Gasteiger partial charge in [-0.05, 0) is 73.9 Å². The van der Waals surface area contributed by atoms with Crippen LogP contribution in [-0.4, -0.2) is 81.0 Å². The zero-order valence-electron chi connectivity index (χ0n) is 25.5. The second-order valence-corrected chi connectivity index (χ2v) is 11.5. The Morgan fingerprint density at radius 2 is 1.53 bits per heavy atom. The Hall–Kier alpha value is -4.23. The Bertz CT molecular complexity index is 1320. The van der Waals surface area contributed by atoms with Gasteiger partial charge in [-0.15, -0.1) is 0 Å². The Balaban J connectivity index is 0.000000360. The molecule has 13 heteroatoms. The number of carboxylic acids is 3. The minimum absolute atomic E-state index is 0.0645. The van der Waals surface area contributed by atoms with E-state index in [9.17, 15) is 23.6 Å². The highest BCUT2D eigenvalue weighted by Crippen LogP contribution is 2.36. The van der Waals surface area contributed by atoms with Gasteiger partial charge in [-0.2, -0.15) is 0 Å². The van der Waals surface area contributed by atoms with E-state index in [1.165, 1.54) is 30.5 Å². The number of carbonyl (C=O) groups is 4. The maximum atomic E-state index is 13.4. The lowest BCUT2D eigenvalue weighted by Crippen LogP contribution is -2.52. The molecular formula is C32H41FN2O10. The zero-order chi connectivity index (χ0) is 33.2. The van der Waals surface area contributed by atoms with E-state index in [0.717, 1.165) is 62.4 Å². The minimum atomic E-state index is -2.74. The van der Waals surface area contributed by atoms with Crippen LogP contribution < -0.4 is 14.8 Å². The van der Waals surface area contributed by atoms with Gasteiger partial charge in [0.2, 0.25) is 5.91 Å². The highest BCUT2D eigenvalue weighted by Gasteiger charge is 2.41. The second-order valence-electron chi connectivity index (χ2n) is 11.5. The molecular weight excluding hydrogens is 591 g/mol. The number of carboxylic acid groups (broad SMARTS) is 3. The largest absolute Gasteiger partial charge is 0.493 e.